The Balaban J connectivity index is 3.26. The van der Waals surface area contributed by atoms with Crippen LogP contribution in [0, 0.1) is 16.0 Å². The quantitative estimate of drug-likeness (QED) is 0.570. The first-order chi connectivity index (χ1) is 9.52. The number of nitro groups is 1. The maximum Gasteiger partial charge on any atom is 0.308 e. The molecule has 1 aromatic carbocycles. The number of aliphatic carboxylic acids is 1. The Hall–Kier alpha value is -2.20. The highest BCUT2D eigenvalue weighted by Gasteiger charge is 2.20. The van der Waals surface area contributed by atoms with E-state index in [0.29, 0.717) is 0 Å². The van der Waals surface area contributed by atoms with Crippen LogP contribution in [0.3, 0.4) is 0 Å². The van der Waals surface area contributed by atoms with Crippen molar-refractivity contribution >= 4 is 27.4 Å². The molecule has 0 bridgehead atoms. The number of nitrogens with two attached hydrogens (primary N) is 1. The van der Waals surface area contributed by atoms with E-state index in [1.807, 2.05) is 0 Å². The summed E-state index contributed by atoms with van der Waals surface area (Å²) in [5.74, 6) is -1.76. The molecule has 1 unspecified atom stereocenters. The highest BCUT2D eigenvalue weighted by molar-refractivity contribution is 7.89. The van der Waals surface area contributed by atoms with Crippen LogP contribution in [0.5, 0.6) is 0 Å². The molecule has 1 aromatic rings. The molecule has 10 heteroatoms. The summed E-state index contributed by atoms with van der Waals surface area (Å²) >= 11 is 0. The predicted molar refractivity (Wildman–Crippen MR) is 74.5 cm³/mol. The van der Waals surface area contributed by atoms with Crippen LogP contribution in [0.15, 0.2) is 23.1 Å². The predicted octanol–water partition coefficient (Wildman–Crippen LogP) is 0.399. The molecule has 0 heterocycles. The number of non-ortho nitro benzene ring substituents is 1. The Morgan fingerprint density at radius 1 is 1.48 bits per heavy atom. The number of hydrogen-bond donors (Lipinski definition) is 2. The van der Waals surface area contributed by atoms with E-state index in [4.69, 9.17) is 10.2 Å². The van der Waals surface area contributed by atoms with Gasteiger partial charge in [-0.2, -0.15) is 0 Å². The van der Waals surface area contributed by atoms with Crippen molar-refractivity contribution in [3.05, 3.63) is 28.3 Å². The largest absolute Gasteiger partial charge is 0.481 e. The van der Waals surface area contributed by atoms with Crippen LogP contribution in [0.4, 0.5) is 11.4 Å². The minimum Gasteiger partial charge on any atom is -0.481 e. The number of carboxylic acid groups (broad SMARTS) is 1. The molecule has 0 amide bonds. The van der Waals surface area contributed by atoms with E-state index in [2.05, 4.69) is 0 Å². The number of benzene rings is 1. The Morgan fingerprint density at radius 3 is 2.48 bits per heavy atom. The van der Waals surface area contributed by atoms with Crippen molar-refractivity contribution in [2.75, 3.05) is 18.5 Å². The zero-order valence-corrected chi connectivity index (χ0v) is 12.2. The maximum absolute atomic E-state index is 11.4. The first-order valence-corrected chi connectivity index (χ1v) is 7.33. The van der Waals surface area contributed by atoms with E-state index in [-0.39, 0.29) is 12.2 Å². The molecule has 0 aliphatic rings. The van der Waals surface area contributed by atoms with Crippen LogP contribution in [-0.4, -0.2) is 38.0 Å². The van der Waals surface area contributed by atoms with Crippen LogP contribution in [0.1, 0.15) is 6.92 Å². The Kier molecular flexibility index (Phi) is 4.86. The molecule has 0 spiro atoms. The molecular weight excluding hydrogens is 302 g/mol. The Morgan fingerprint density at radius 2 is 2.05 bits per heavy atom. The fourth-order valence-electron chi connectivity index (χ4n) is 1.65. The second-order valence-corrected chi connectivity index (χ2v) is 6.17. The second-order valence-electron chi connectivity index (χ2n) is 4.61. The van der Waals surface area contributed by atoms with Crippen molar-refractivity contribution in [3.8, 4) is 0 Å². The van der Waals surface area contributed by atoms with Gasteiger partial charge in [0.2, 0.25) is 10.0 Å². The molecular formula is C11H15N3O6S. The van der Waals surface area contributed by atoms with Crippen LogP contribution in [0.2, 0.25) is 0 Å². The van der Waals surface area contributed by atoms with Crippen molar-refractivity contribution in [3.63, 3.8) is 0 Å². The second kappa shape index (κ2) is 6.06. The molecule has 0 fully saturated rings. The highest BCUT2D eigenvalue weighted by Crippen LogP contribution is 2.26. The average molecular weight is 317 g/mol. The van der Waals surface area contributed by atoms with E-state index < -0.39 is 37.4 Å². The van der Waals surface area contributed by atoms with Crippen LogP contribution < -0.4 is 10.0 Å². The minimum absolute atomic E-state index is 0.0561. The molecule has 0 saturated carbocycles. The van der Waals surface area contributed by atoms with Gasteiger partial charge in [0.05, 0.1) is 15.7 Å². The maximum atomic E-state index is 11.4. The van der Waals surface area contributed by atoms with Crippen molar-refractivity contribution in [1.82, 2.24) is 0 Å². The zero-order valence-electron chi connectivity index (χ0n) is 11.4. The van der Waals surface area contributed by atoms with E-state index in [9.17, 15) is 23.3 Å². The van der Waals surface area contributed by atoms with Gasteiger partial charge >= 0.3 is 5.97 Å². The summed E-state index contributed by atoms with van der Waals surface area (Å²) in [6, 6.07) is 3.17. The zero-order chi connectivity index (χ0) is 16.4. The number of rotatable bonds is 6. The van der Waals surface area contributed by atoms with Crippen LogP contribution >= 0.6 is 0 Å². The third kappa shape index (κ3) is 4.39. The van der Waals surface area contributed by atoms with Gasteiger partial charge < -0.3 is 10.0 Å². The lowest BCUT2D eigenvalue weighted by Crippen LogP contribution is -2.28. The van der Waals surface area contributed by atoms with Gasteiger partial charge in [0, 0.05) is 31.4 Å². The highest BCUT2D eigenvalue weighted by atomic mass is 32.2. The number of carbonyl (C=O) groups is 1. The van der Waals surface area contributed by atoms with Gasteiger partial charge in [-0.3, -0.25) is 14.9 Å². The Bertz CT molecular complexity index is 673. The van der Waals surface area contributed by atoms with Crippen LogP contribution in [0.25, 0.3) is 0 Å². The number of anilines is 1. The summed E-state index contributed by atoms with van der Waals surface area (Å²) in [6.07, 6.45) is 0. The fraction of sp³-hybridized carbons (Fsp3) is 0.364. The molecule has 9 nitrogen and oxygen atoms in total. The molecule has 0 saturated heterocycles. The normalized spacial score (nSPS) is 12.7. The number of sulfonamides is 1. The van der Waals surface area contributed by atoms with E-state index >= 15 is 0 Å². The summed E-state index contributed by atoms with van der Waals surface area (Å²) in [5, 5.41) is 24.7. The first-order valence-electron chi connectivity index (χ1n) is 5.78. The van der Waals surface area contributed by atoms with Crippen molar-refractivity contribution in [2.45, 2.75) is 11.8 Å². The fourth-order valence-corrected chi connectivity index (χ4v) is 2.22. The number of hydrogen-bond acceptors (Lipinski definition) is 6. The van der Waals surface area contributed by atoms with Gasteiger partial charge in [-0.05, 0) is 6.07 Å². The lowest BCUT2D eigenvalue weighted by atomic mass is 10.1. The molecule has 0 aromatic heterocycles. The summed E-state index contributed by atoms with van der Waals surface area (Å²) in [4.78, 5) is 21.9. The van der Waals surface area contributed by atoms with Gasteiger partial charge in [0.25, 0.3) is 5.69 Å². The number of nitro benzene ring substituents is 1. The SMILES string of the molecule is CC(CN(C)c1cc([N+](=O)[O-])cc(S(N)(=O)=O)c1)C(=O)O. The standard InChI is InChI=1S/C11H15N3O6S/c1-7(11(15)16)6-13(2)8-3-9(14(17)18)5-10(4-8)21(12,19)20/h3-5,7H,6H2,1-2H3,(H,15,16)(H2,12,19,20). The molecule has 0 aliphatic carbocycles. The third-order valence-corrected chi connectivity index (χ3v) is 3.72. The number of nitrogens with zero attached hydrogens (tertiary/aromatic N) is 2. The number of carboxylic acids is 1. The van der Waals surface area contributed by atoms with Crippen molar-refractivity contribution in [2.24, 2.45) is 11.1 Å². The van der Waals surface area contributed by atoms with Gasteiger partial charge in [0.1, 0.15) is 0 Å². The lowest BCUT2D eigenvalue weighted by molar-refractivity contribution is -0.385. The lowest BCUT2D eigenvalue weighted by Gasteiger charge is -2.21. The van der Waals surface area contributed by atoms with E-state index in [1.54, 1.807) is 0 Å². The smallest absolute Gasteiger partial charge is 0.308 e. The summed E-state index contributed by atoms with van der Waals surface area (Å²) in [7, 11) is -2.60. The number of primary sulfonamides is 1. The third-order valence-electron chi connectivity index (χ3n) is 2.83. The Labute approximate surface area is 121 Å². The summed E-state index contributed by atoms with van der Waals surface area (Å²) < 4.78 is 22.7. The van der Waals surface area contributed by atoms with Gasteiger partial charge in [-0.25, -0.2) is 13.6 Å². The first kappa shape index (κ1) is 16.9. The van der Waals surface area contributed by atoms with E-state index in [1.165, 1.54) is 18.9 Å². The van der Waals surface area contributed by atoms with Gasteiger partial charge in [-0.1, -0.05) is 6.92 Å². The minimum atomic E-state index is -4.11. The van der Waals surface area contributed by atoms with Crippen LogP contribution in [-0.2, 0) is 14.8 Å². The topological polar surface area (TPSA) is 144 Å². The monoisotopic (exact) mass is 317 g/mol. The molecule has 1 atom stereocenters. The van der Waals surface area contributed by atoms with Crippen molar-refractivity contribution < 1.29 is 23.2 Å². The average Bonchev–Trinajstić information content (AvgIpc) is 2.36. The molecule has 1 rings (SSSR count). The molecule has 3 N–H and O–H groups in total. The van der Waals surface area contributed by atoms with E-state index in [0.717, 1.165) is 18.2 Å². The van der Waals surface area contributed by atoms with Gasteiger partial charge in [-0.15, -0.1) is 0 Å². The van der Waals surface area contributed by atoms with Crippen molar-refractivity contribution in [1.29, 1.82) is 0 Å². The summed E-state index contributed by atoms with van der Waals surface area (Å²) in [6.45, 7) is 1.53. The van der Waals surface area contributed by atoms with Gasteiger partial charge in [0.15, 0.2) is 0 Å². The molecule has 116 valence electrons. The molecule has 0 radical (unpaired) electrons. The summed E-state index contributed by atoms with van der Waals surface area (Å²) in [5.41, 5.74) is -0.243. The molecule has 0 aliphatic heterocycles. The molecule has 21 heavy (non-hydrogen) atoms.